The fraction of sp³-hybridized carbons (Fsp3) is 0.308. The van der Waals surface area contributed by atoms with E-state index in [-0.39, 0.29) is 0 Å². The Hall–Kier alpha value is -1.04. The lowest BCUT2D eigenvalue weighted by atomic mass is 9.79. The van der Waals surface area contributed by atoms with Crippen molar-refractivity contribution in [2.24, 2.45) is 5.92 Å². The molecule has 0 saturated heterocycles. The molecule has 0 nitrogen and oxygen atoms in total. The largest absolute Gasteiger partial charge is 0.0804 e. The molecule has 0 spiro atoms. The first-order chi connectivity index (χ1) is 6.45. The molecule has 0 aromatic heterocycles. The standard InChI is InChI=1S/C13H13/c1-2-6-12-10(4-1)8-9-11-5-3-7-13(11)12/h3,5-10H,1-2,4H2. The molecule has 1 radical (unpaired) electrons. The van der Waals surface area contributed by atoms with Crippen molar-refractivity contribution >= 4 is 0 Å². The van der Waals surface area contributed by atoms with E-state index in [1.807, 2.05) is 0 Å². The van der Waals surface area contributed by atoms with Gasteiger partial charge in [0.1, 0.15) is 0 Å². The van der Waals surface area contributed by atoms with Crippen LogP contribution in [0.15, 0.2) is 47.1 Å². The fourth-order valence-corrected chi connectivity index (χ4v) is 2.47. The number of hydrogen-bond acceptors (Lipinski definition) is 0. The topological polar surface area (TPSA) is 0 Å². The predicted molar refractivity (Wildman–Crippen MR) is 55.0 cm³/mol. The Balaban J connectivity index is 2.07. The third-order valence-electron chi connectivity index (χ3n) is 3.15. The van der Waals surface area contributed by atoms with Crippen molar-refractivity contribution < 1.29 is 0 Å². The van der Waals surface area contributed by atoms with Crippen LogP contribution in [0.5, 0.6) is 0 Å². The Labute approximate surface area is 79.3 Å². The highest BCUT2D eigenvalue weighted by atomic mass is 14.3. The first-order valence-electron chi connectivity index (χ1n) is 5.09. The maximum atomic E-state index is 2.43. The Morgan fingerprint density at radius 1 is 1.23 bits per heavy atom. The smallest absolute Gasteiger partial charge is 0.0134 e. The molecule has 0 aliphatic heterocycles. The number of hydrogen-bond donors (Lipinski definition) is 0. The average Bonchev–Trinajstić information content (AvgIpc) is 2.65. The molecule has 13 heavy (non-hydrogen) atoms. The fourth-order valence-electron chi connectivity index (χ4n) is 2.47. The van der Waals surface area contributed by atoms with Crippen LogP contribution in [0.25, 0.3) is 0 Å². The van der Waals surface area contributed by atoms with Gasteiger partial charge in [-0.1, -0.05) is 30.4 Å². The zero-order valence-corrected chi connectivity index (χ0v) is 7.66. The van der Waals surface area contributed by atoms with Crippen LogP contribution < -0.4 is 0 Å². The van der Waals surface area contributed by atoms with Gasteiger partial charge in [-0.3, -0.25) is 0 Å². The Bertz CT molecular complexity index is 350. The van der Waals surface area contributed by atoms with Crippen LogP contribution >= 0.6 is 0 Å². The van der Waals surface area contributed by atoms with E-state index < -0.39 is 0 Å². The van der Waals surface area contributed by atoms with Crippen LogP contribution in [0.3, 0.4) is 0 Å². The molecule has 0 aromatic carbocycles. The SMILES string of the molecule is [CH]1C=CC2=C1C1=CCCCC1C=C2. The molecule has 1 unspecified atom stereocenters. The summed E-state index contributed by atoms with van der Waals surface area (Å²) in [6.45, 7) is 0. The van der Waals surface area contributed by atoms with Crippen molar-refractivity contribution in [3.8, 4) is 0 Å². The van der Waals surface area contributed by atoms with E-state index in [0.717, 1.165) is 0 Å². The van der Waals surface area contributed by atoms with Crippen molar-refractivity contribution in [1.82, 2.24) is 0 Å². The minimum atomic E-state index is 0.712. The van der Waals surface area contributed by atoms with Gasteiger partial charge < -0.3 is 0 Å². The summed E-state index contributed by atoms with van der Waals surface area (Å²) in [5, 5.41) is 0. The van der Waals surface area contributed by atoms with Gasteiger partial charge in [-0.15, -0.1) is 0 Å². The number of allylic oxidation sites excluding steroid dienone is 8. The molecule has 1 atom stereocenters. The summed E-state index contributed by atoms with van der Waals surface area (Å²) in [6, 6.07) is 0. The van der Waals surface area contributed by atoms with E-state index in [0.29, 0.717) is 5.92 Å². The quantitative estimate of drug-likeness (QED) is 0.521. The van der Waals surface area contributed by atoms with E-state index in [1.54, 1.807) is 5.57 Å². The van der Waals surface area contributed by atoms with Crippen molar-refractivity contribution in [3.63, 3.8) is 0 Å². The van der Waals surface area contributed by atoms with Gasteiger partial charge in [-0.2, -0.15) is 0 Å². The molecule has 0 bridgehead atoms. The maximum Gasteiger partial charge on any atom is 0.0134 e. The summed E-state index contributed by atoms with van der Waals surface area (Å²) in [5.41, 5.74) is 4.46. The van der Waals surface area contributed by atoms with Crippen molar-refractivity contribution in [1.29, 1.82) is 0 Å². The van der Waals surface area contributed by atoms with Crippen LogP contribution in [0.1, 0.15) is 19.3 Å². The van der Waals surface area contributed by atoms with Gasteiger partial charge in [0, 0.05) is 12.3 Å². The molecule has 0 heterocycles. The van der Waals surface area contributed by atoms with Gasteiger partial charge >= 0.3 is 0 Å². The lowest BCUT2D eigenvalue weighted by Crippen LogP contribution is -2.11. The van der Waals surface area contributed by atoms with E-state index in [9.17, 15) is 0 Å². The monoisotopic (exact) mass is 169 g/mol. The van der Waals surface area contributed by atoms with Crippen molar-refractivity contribution in [2.75, 3.05) is 0 Å². The van der Waals surface area contributed by atoms with Crippen LogP contribution in [0.2, 0.25) is 0 Å². The summed E-state index contributed by atoms with van der Waals surface area (Å²) in [7, 11) is 0. The van der Waals surface area contributed by atoms with Crippen LogP contribution in [-0.4, -0.2) is 0 Å². The summed E-state index contributed by atoms with van der Waals surface area (Å²) in [5.74, 6) is 0.712. The molecule has 0 aromatic rings. The minimum Gasteiger partial charge on any atom is -0.0804 e. The highest BCUT2D eigenvalue weighted by Gasteiger charge is 2.24. The first-order valence-corrected chi connectivity index (χ1v) is 5.09. The minimum absolute atomic E-state index is 0.712. The van der Waals surface area contributed by atoms with E-state index in [2.05, 4.69) is 36.8 Å². The second kappa shape index (κ2) is 2.73. The predicted octanol–water partition coefficient (Wildman–Crippen LogP) is 3.35. The average molecular weight is 169 g/mol. The number of rotatable bonds is 0. The maximum absolute atomic E-state index is 2.43. The highest BCUT2D eigenvalue weighted by molar-refractivity contribution is 5.61. The van der Waals surface area contributed by atoms with E-state index in [1.165, 1.54) is 30.4 Å². The summed E-state index contributed by atoms with van der Waals surface area (Å²) in [4.78, 5) is 0. The first kappa shape index (κ1) is 7.37. The molecular formula is C13H13. The third-order valence-corrected chi connectivity index (χ3v) is 3.15. The van der Waals surface area contributed by atoms with Gasteiger partial charge in [-0.25, -0.2) is 0 Å². The number of fused-ring (bicyclic) bond motifs is 2. The second-order valence-electron chi connectivity index (χ2n) is 3.95. The van der Waals surface area contributed by atoms with Crippen LogP contribution in [0.4, 0.5) is 0 Å². The van der Waals surface area contributed by atoms with E-state index in [4.69, 9.17) is 0 Å². The van der Waals surface area contributed by atoms with Crippen molar-refractivity contribution in [3.05, 3.63) is 53.5 Å². The van der Waals surface area contributed by atoms with Crippen molar-refractivity contribution in [2.45, 2.75) is 19.3 Å². The molecule has 3 aliphatic rings. The highest BCUT2D eigenvalue weighted by Crippen LogP contribution is 2.39. The molecule has 0 saturated carbocycles. The Kier molecular flexibility index (Phi) is 1.55. The van der Waals surface area contributed by atoms with Gasteiger partial charge in [0.15, 0.2) is 0 Å². The normalized spacial score (nSPS) is 30.2. The van der Waals surface area contributed by atoms with Gasteiger partial charge in [0.2, 0.25) is 0 Å². The molecule has 0 amide bonds. The van der Waals surface area contributed by atoms with Crippen LogP contribution in [0, 0.1) is 12.3 Å². The Morgan fingerprint density at radius 3 is 3.23 bits per heavy atom. The zero-order chi connectivity index (χ0) is 8.67. The van der Waals surface area contributed by atoms with Crippen LogP contribution in [-0.2, 0) is 0 Å². The van der Waals surface area contributed by atoms with E-state index >= 15 is 0 Å². The summed E-state index contributed by atoms with van der Waals surface area (Å²) in [6.07, 6.45) is 17.7. The second-order valence-corrected chi connectivity index (χ2v) is 3.95. The molecular weight excluding hydrogens is 156 g/mol. The van der Waals surface area contributed by atoms with Gasteiger partial charge in [0.05, 0.1) is 0 Å². The zero-order valence-electron chi connectivity index (χ0n) is 7.66. The molecule has 0 heteroatoms. The molecule has 0 N–H and O–H groups in total. The lowest BCUT2D eigenvalue weighted by Gasteiger charge is -2.26. The van der Waals surface area contributed by atoms with Gasteiger partial charge in [-0.05, 0) is 36.0 Å². The molecule has 65 valence electrons. The third kappa shape index (κ3) is 1.05. The molecule has 3 aliphatic carbocycles. The Morgan fingerprint density at radius 2 is 2.23 bits per heavy atom. The summed E-state index contributed by atoms with van der Waals surface area (Å²) >= 11 is 0. The summed E-state index contributed by atoms with van der Waals surface area (Å²) < 4.78 is 0. The lowest BCUT2D eigenvalue weighted by molar-refractivity contribution is 0.601. The molecule has 0 fully saturated rings. The van der Waals surface area contributed by atoms with Gasteiger partial charge in [0.25, 0.3) is 0 Å². The molecule has 3 rings (SSSR count).